The van der Waals surface area contributed by atoms with Crippen LogP contribution in [-0.4, -0.2) is 82.8 Å². The molecule has 158 valence electrons. The van der Waals surface area contributed by atoms with Gasteiger partial charge in [-0.15, -0.1) is 0 Å². The second-order valence-electron chi connectivity index (χ2n) is 7.85. The summed E-state index contributed by atoms with van der Waals surface area (Å²) >= 11 is 0. The van der Waals surface area contributed by atoms with Gasteiger partial charge in [0.05, 0.1) is 11.9 Å². The van der Waals surface area contributed by atoms with Crippen molar-refractivity contribution in [2.24, 2.45) is 12.0 Å². The van der Waals surface area contributed by atoms with Crippen LogP contribution in [0.3, 0.4) is 0 Å². The standard InChI is InChI=1S/C20H37N7O/c1-7-21-20(22-9-8-10-26(16(2)3)17(4)5)25-11-12-27(19(28)15-25)18-13-23-24(6)14-18/h13-14,16-17H,7-12,15H2,1-6H3,(H,21,22). The fraction of sp³-hybridized carbons (Fsp3) is 0.750. The third-order valence-corrected chi connectivity index (χ3v) is 5.02. The molecule has 8 heteroatoms. The minimum absolute atomic E-state index is 0.0793. The second-order valence-corrected chi connectivity index (χ2v) is 7.85. The van der Waals surface area contributed by atoms with E-state index in [1.807, 2.05) is 13.2 Å². The fourth-order valence-electron chi connectivity index (χ4n) is 3.65. The average Bonchev–Trinajstić information content (AvgIpc) is 3.05. The number of nitrogens with one attached hydrogen (secondary N) is 1. The van der Waals surface area contributed by atoms with E-state index in [1.165, 1.54) is 0 Å². The van der Waals surface area contributed by atoms with Crippen molar-refractivity contribution in [1.29, 1.82) is 0 Å². The van der Waals surface area contributed by atoms with Gasteiger partial charge in [-0.2, -0.15) is 5.10 Å². The molecular weight excluding hydrogens is 354 g/mol. The Morgan fingerprint density at radius 1 is 1.29 bits per heavy atom. The molecule has 1 aromatic heterocycles. The zero-order valence-corrected chi connectivity index (χ0v) is 18.4. The molecule has 1 amide bonds. The maximum Gasteiger partial charge on any atom is 0.246 e. The Hall–Kier alpha value is -2.09. The Bertz CT molecular complexity index is 645. The molecule has 0 atom stereocenters. The Kier molecular flexibility index (Phi) is 8.29. The van der Waals surface area contributed by atoms with Gasteiger partial charge in [0, 0.05) is 58.1 Å². The van der Waals surface area contributed by atoms with E-state index in [-0.39, 0.29) is 5.91 Å². The van der Waals surface area contributed by atoms with Crippen molar-refractivity contribution in [3.05, 3.63) is 12.4 Å². The number of hydrogen-bond acceptors (Lipinski definition) is 4. The molecule has 0 saturated carbocycles. The monoisotopic (exact) mass is 391 g/mol. The summed E-state index contributed by atoms with van der Waals surface area (Å²) in [5.74, 6) is 0.915. The van der Waals surface area contributed by atoms with Crippen LogP contribution in [0.2, 0.25) is 0 Å². The number of aliphatic imine (C=N–C) groups is 1. The predicted octanol–water partition coefficient (Wildman–Crippen LogP) is 1.54. The maximum atomic E-state index is 12.7. The number of anilines is 1. The van der Waals surface area contributed by atoms with E-state index in [1.54, 1.807) is 15.8 Å². The van der Waals surface area contributed by atoms with Crippen molar-refractivity contribution in [3.8, 4) is 0 Å². The highest BCUT2D eigenvalue weighted by atomic mass is 16.2. The predicted molar refractivity (Wildman–Crippen MR) is 115 cm³/mol. The molecule has 0 spiro atoms. The van der Waals surface area contributed by atoms with E-state index in [2.05, 4.69) is 54.8 Å². The molecule has 2 rings (SSSR count). The second kappa shape index (κ2) is 10.5. The number of guanidine groups is 1. The first-order valence-electron chi connectivity index (χ1n) is 10.4. The van der Waals surface area contributed by atoms with Crippen LogP contribution in [0.25, 0.3) is 0 Å². The number of aryl methyl sites for hydroxylation is 1. The molecule has 2 heterocycles. The third kappa shape index (κ3) is 5.95. The van der Waals surface area contributed by atoms with E-state index in [9.17, 15) is 4.79 Å². The Morgan fingerprint density at radius 3 is 2.54 bits per heavy atom. The molecule has 0 radical (unpaired) electrons. The first kappa shape index (κ1) is 22.2. The third-order valence-electron chi connectivity index (χ3n) is 5.02. The first-order chi connectivity index (χ1) is 13.3. The van der Waals surface area contributed by atoms with Gasteiger partial charge in [0.2, 0.25) is 5.91 Å². The number of rotatable bonds is 8. The molecule has 1 saturated heterocycles. The zero-order chi connectivity index (χ0) is 20.7. The van der Waals surface area contributed by atoms with Gasteiger partial charge >= 0.3 is 0 Å². The summed E-state index contributed by atoms with van der Waals surface area (Å²) in [6.07, 6.45) is 4.62. The number of amides is 1. The largest absolute Gasteiger partial charge is 0.357 e. The molecule has 1 aromatic rings. The van der Waals surface area contributed by atoms with Crippen LogP contribution in [0.1, 0.15) is 41.0 Å². The van der Waals surface area contributed by atoms with Crippen molar-refractivity contribution in [1.82, 2.24) is 24.9 Å². The van der Waals surface area contributed by atoms with E-state index in [0.29, 0.717) is 25.2 Å². The van der Waals surface area contributed by atoms with Gasteiger partial charge in [-0.3, -0.25) is 19.4 Å². The van der Waals surface area contributed by atoms with E-state index in [4.69, 9.17) is 4.99 Å². The van der Waals surface area contributed by atoms with Crippen LogP contribution in [0.15, 0.2) is 17.4 Å². The highest BCUT2D eigenvalue weighted by molar-refractivity contribution is 5.98. The minimum Gasteiger partial charge on any atom is -0.357 e. The minimum atomic E-state index is 0.0793. The highest BCUT2D eigenvalue weighted by Crippen LogP contribution is 2.16. The van der Waals surface area contributed by atoms with Crippen molar-refractivity contribution < 1.29 is 4.79 Å². The van der Waals surface area contributed by atoms with Crippen molar-refractivity contribution in [2.75, 3.05) is 44.2 Å². The normalized spacial score (nSPS) is 16.0. The molecule has 0 bridgehead atoms. The molecule has 0 aromatic carbocycles. The number of nitrogens with zero attached hydrogens (tertiary/aromatic N) is 6. The number of hydrogen-bond donors (Lipinski definition) is 1. The molecule has 0 aliphatic carbocycles. The fourth-order valence-corrected chi connectivity index (χ4v) is 3.65. The Balaban J connectivity index is 1.92. The average molecular weight is 392 g/mol. The van der Waals surface area contributed by atoms with Crippen molar-refractivity contribution >= 4 is 17.6 Å². The zero-order valence-electron chi connectivity index (χ0n) is 18.4. The summed E-state index contributed by atoms with van der Waals surface area (Å²) in [6.45, 7) is 15.3. The quantitative estimate of drug-likeness (QED) is 0.414. The number of aromatic nitrogens is 2. The summed E-state index contributed by atoms with van der Waals surface area (Å²) < 4.78 is 1.72. The van der Waals surface area contributed by atoms with E-state index < -0.39 is 0 Å². The number of carbonyl (C=O) groups is 1. The summed E-state index contributed by atoms with van der Waals surface area (Å²) in [4.78, 5) is 23.8. The molecule has 1 aliphatic heterocycles. The first-order valence-corrected chi connectivity index (χ1v) is 10.4. The van der Waals surface area contributed by atoms with Crippen LogP contribution in [0.4, 0.5) is 5.69 Å². The topological polar surface area (TPSA) is 69.0 Å². The lowest BCUT2D eigenvalue weighted by atomic mass is 10.2. The smallest absolute Gasteiger partial charge is 0.246 e. The lowest BCUT2D eigenvalue weighted by molar-refractivity contribution is -0.120. The molecule has 8 nitrogen and oxygen atoms in total. The maximum absolute atomic E-state index is 12.7. The Labute approximate surface area is 169 Å². The van der Waals surface area contributed by atoms with Crippen LogP contribution in [0.5, 0.6) is 0 Å². The Morgan fingerprint density at radius 2 is 2.00 bits per heavy atom. The summed E-state index contributed by atoms with van der Waals surface area (Å²) in [7, 11) is 1.86. The van der Waals surface area contributed by atoms with Crippen LogP contribution in [-0.2, 0) is 11.8 Å². The molecular formula is C20H37N7O. The summed E-state index contributed by atoms with van der Waals surface area (Å²) in [5, 5.41) is 7.51. The van der Waals surface area contributed by atoms with Crippen molar-refractivity contribution in [3.63, 3.8) is 0 Å². The van der Waals surface area contributed by atoms with Gasteiger partial charge in [0.1, 0.15) is 6.54 Å². The van der Waals surface area contributed by atoms with Gasteiger partial charge in [-0.05, 0) is 41.0 Å². The molecule has 28 heavy (non-hydrogen) atoms. The van der Waals surface area contributed by atoms with Crippen LogP contribution >= 0.6 is 0 Å². The summed E-state index contributed by atoms with van der Waals surface area (Å²) in [5.41, 5.74) is 0.858. The van der Waals surface area contributed by atoms with Crippen molar-refractivity contribution in [2.45, 2.75) is 53.1 Å². The molecule has 1 fully saturated rings. The van der Waals surface area contributed by atoms with Gasteiger partial charge in [0.15, 0.2) is 5.96 Å². The van der Waals surface area contributed by atoms with Gasteiger partial charge in [0.25, 0.3) is 0 Å². The molecule has 1 N–H and O–H groups in total. The van der Waals surface area contributed by atoms with Crippen LogP contribution in [0, 0.1) is 0 Å². The number of piperazine rings is 1. The SMILES string of the molecule is CCNC(=NCCCN(C(C)C)C(C)C)N1CCN(c2cnn(C)c2)C(=O)C1. The lowest BCUT2D eigenvalue weighted by Crippen LogP contribution is -2.55. The number of carbonyl (C=O) groups excluding carboxylic acids is 1. The van der Waals surface area contributed by atoms with Gasteiger partial charge in [-0.1, -0.05) is 0 Å². The van der Waals surface area contributed by atoms with E-state index >= 15 is 0 Å². The van der Waals surface area contributed by atoms with Gasteiger partial charge < -0.3 is 15.1 Å². The van der Waals surface area contributed by atoms with E-state index in [0.717, 1.165) is 44.2 Å². The molecule has 0 unspecified atom stereocenters. The summed E-state index contributed by atoms with van der Waals surface area (Å²) in [6, 6.07) is 1.07. The lowest BCUT2D eigenvalue weighted by Gasteiger charge is -2.35. The highest BCUT2D eigenvalue weighted by Gasteiger charge is 2.27. The van der Waals surface area contributed by atoms with Crippen LogP contribution < -0.4 is 10.2 Å². The van der Waals surface area contributed by atoms with Gasteiger partial charge in [-0.25, -0.2) is 0 Å². The molecule has 1 aliphatic rings.